The molecule has 0 unspecified atom stereocenters. The van der Waals surface area contributed by atoms with Gasteiger partial charge in [0.1, 0.15) is 11.6 Å². The molecule has 0 fully saturated rings. The van der Waals surface area contributed by atoms with Crippen LogP contribution >= 0.6 is 23.4 Å². The second kappa shape index (κ2) is 7.81. The average Bonchev–Trinajstić information content (AvgIpc) is 2.97. The molecule has 0 aliphatic rings. The molecule has 24 heavy (non-hydrogen) atoms. The zero-order chi connectivity index (χ0) is 16.9. The van der Waals surface area contributed by atoms with E-state index in [0.717, 1.165) is 33.7 Å². The van der Waals surface area contributed by atoms with E-state index in [1.807, 2.05) is 30.3 Å². The Morgan fingerprint density at radius 3 is 2.58 bits per heavy atom. The Kier molecular flexibility index (Phi) is 5.53. The van der Waals surface area contributed by atoms with Crippen LogP contribution < -0.4 is 0 Å². The first-order chi connectivity index (χ1) is 11.7. The van der Waals surface area contributed by atoms with Crippen molar-refractivity contribution in [2.24, 2.45) is 0 Å². The molecule has 0 aliphatic heterocycles. The van der Waals surface area contributed by atoms with Crippen LogP contribution in [0.5, 0.6) is 0 Å². The van der Waals surface area contributed by atoms with Crippen molar-refractivity contribution in [2.45, 2.75) is 30.8 Å². The first kappa shape index (κ1) is 17.0. The molecular weight excluding hydrogens is 345 g/mol. The fraction of sp³-hybridized carbons (Fsp3) is 0.222. The summed E-state index contributed by atoms with van der Waals surface area (Å²) >= 11 is 7.49. The van der Waals surface area contributed by atoms with Crippen LogP contribution in [0.1, 0.15) is 23.9 Å². The minimum Gasteiger partial charge on any atom is -0.306 e. The number of nitrogens with zero attached hydrogens (tertiary/aromatic N) is 3. The molecule has 0 spiro atoms. The molecule has 3 nitrogen and oxygen atoms in total. The predicted octanol–water partition coefficient (Wildman–Crippen LogP) is 4.97. The Morgan fingerprint density at radius 1 is 1.08 bits per heavy atom. The van der Waals surface area contributed by atoms with Gasteiger partial charge in [0.05, 0.1) is 0 Å². The molecule has 2 aromatic carbocycles. The van der Waals surface area contributed by atoms with E-state index in [9.17, 15) is 4.39 Å². The van der Waals surface area contributed by atoms with Gasteiger partial charge in [-0.15, -0.1) is 10.2 Å². The Morgan fingerprint density at radius 2 is 1.88 bits per heavy atom. The second-order valence-corrected chi connectivity index (χ2v) is 6.74. The minimum atomic E-state index is -0.214. The fourth-order valence-electron chi connectivity index (χ4n) is 2.43. The molecule has 6 heteroatoms. The molecule has 1 aromatic heterocycles. The third-order valence-electron chi connectivity index (χ3n) is 3.64. The lowest BCUT2D eigenvalue weighted by Crippen LogP contribution is -2.04. The number of aromatic nitrogens is 3. The van der Waals surface area contributed by atoms with Gasteiger partial charge >= 0.3 is 0 Å². The largest absolute Gasteiger partial charge is 0.306 e. The number of thioether (sulfide) groups is 1. The summed E-state index contributed by atoms with van der Waals surface area (Å²) in [6.45, 7) is 2.86. The Balaban J connectivity index is 1.73. The highest BCUT2D eigenvalue weighted by molar-refractivity contribution is 7.98. The highest BCUT2D eigenvalue weighted by Gasteiger charge is 2.12. The van der Waals surface area contributed by atoms with Crippen molar-refractivity contribution < 1.29 is 4.39 Å². The lowest BCUT2D eigenvalue weighted by Gasteiger charge is -2.07. The first-order valence-corrected chi connectivity index (χ1v) is 9.06. The predicted molar refractivity (Wildman–Crippen MR) is 95.9 cm³/mol. The van der Waals surface area contributed by atoms with Crippen molar-refractivity contribution >= 4 is 23.4 Å². The number of benzene rings is 2. The maximum Gasteiger partial charge on any atom is 0.191 e. The van der Waals surface area contributed by atoms with E-state index in [2.05, 4.69) is 21.7 Å². The summed E-state index contributed by atoms with van der Waals surface area (Å²) < 4.78 is 15.4. The molecule has 0 bridgehead atoms. The number of hydrogen-bond donors (Lipinski definition) is 0. The SMILES string of the molecule is CCn1c(Cc2ccc(Cl)cc2)nnc1SCc1cccc(F)c1. The molecule has 3 aromatic rings. The maximum absolute atomic E-state index is 13.3. The number of rotatable bonds is 6. The Hall–Kier alpha value is -1.85. The summed E-state index contributed by atoms with van der Waals surface area (Å²) in [6.07, 6.45) is 0.707. The van der Waals surface area contributed by atoms with Crippen molar-refractivity contribution in [2.75, 3.05) is 0 Å². The summed E-state index contributed by atoms with van der Waals surface area (Å²) in [7, 11) is 0. The maximum atomic E-state index is 13.3. The van der Waals surface area contributed by atoms with E-state index in [4.69, 9.17) is 11.6 Å². The highest BCUT2D eigenvalue weighted by Crippen LogP contribution is 2.23. The van der Waals surface area contributed by atoms with Crippen LogP contribution in [-0.2, 0) is 18.7 Å². The topological polar surface area (TPSA) is 30.7 Å². The highest BCUT2D eigenvalue weighted by atomic mass is 35.5. The molecular formula is C18H17ClFN3S. The van der Waals surface area contributed by atoms with Gasteiger partial charge in [-0.1, -0.05) is 47.6 Å². The first-order valence-electron chi connectivity index (χ1n) is 7.69. The minimum absolute atomic E-state index is 0.214. The van der Waals surface area contributed by atoms with Crippen molar-refractivity contribution in [1.82, 2.24) is 14.8 Å². The van der Waals surface area contributed by atoms with E-state index < -0.39 is 0 Å². The second-order valence-electron chi connectivity index (χ2n) is 5.36. The third kappa shape index (κ3) is 4.16. The lowest BCUT2D eigenvalue weighted by molar-refractivity contribution is 0.626. The Bertz CT molecular complexity index is 817. The van der Waals surface area contributed by atoms with Gasteiger partial charge in [0, 0.05) is 23.7 Å². The zero-order valence-electron chi connectivity index (χ0n) is 13.2. The van der Waals surface area contributed by atoms with Gasteiger partial charge in [-0.25, -0.2) is 4.39 Å². The van der Waals surface area contributed by atoms with Crippen LogP contribution in [-0.4, -0.2) is 14.8 Å². The molecule has 0 N–H and O–H groups in total. The van der Waals surface area contributed by atoms with Gasteiger partial charge in [-0.2, -0.15) is 0 Å². The van der Waals surface area contributed by atoms with Crippen molar-refractivity contribution in [3.8, 4) is 0 Å². The molecule has 124 valence electrons. The average molecular weight is 362 g/mol. The van der Waals surface area contributed by atoms with E-state index in [0.29, 0.717) is 12.2 Å². The van der Waals surface area contributed by atoms with Gasteiger partial charge in [0.15, 0.2) is 5.16 Å². The zero-order valence-corrected chi connectivity index (χ0v) is 14.8. The third-order valence-corrected chi connectivity index (χ3v) is 4.93. The van der Waals surface area contributed by atoms with E-state index in [1.165, 1.54) is 6.07 Å². The molecule has 0 atom stereocenters. The standard InChI is InChI=1S/C18H17ClFN3S/c1-2-23-17(11-13-6-8-15(19)9-7-13)21-22-18(23)24-12-14-4-3-5-16(20)10-14/h3-10H,2,11-12H2,1H3. The van der Waals surface area contributed by atoms with Crippen molar-refractivity contribution in [3.05, 3.63) is 76.3 Å². The van der Waals surface area contributed by atoms with Gasteiger partial charge in [0.25, 0.3) is 0 Å². The van der Waals surface area contributed by atoms with Crippen LogP contribution in [0.4, 0.5) is 4.39 Å². The van der Waals surface area contributed by atoms with E-state index in [-0.39, 0.29) is 5.82 Å². The molecule has 0 saturated heterocycles. The van der Waals surface area contributed by atoms with Crippen LogP contribution in [0.3, 0.4) is 0 Å². The van der Waals surface area contributed by atoms with Gasteiger partial charge in [-0.05, 0) is 42.3 Å². The summed E-state index contributed by atoms with van der Waals surface area (Å²) in [5, 5.41) is 10.2. The van der Waals surface area contributed by atoms with E-state index in [1.54, 1.807) is 23.9 Å². The summed E-state index contributed by atoms with van der Waals surface area (Å²) in [6, 6.07) is 14.4. The lowest BCUT2D eigenvalue weighted by atomic mass is 10.1. The normalized spacial score (nSPS) is 11.0. The number of halogens is 2. The summed E-state index contributed by atoms with van der Waals surface area (Å²) in [4.78, 5) is 0. The fourth-order valence-corrected chi connectivity index (χ4v) is 3.52. The van der Waals surface area contributed by atoms with Crippen molar-refractivity contribution in [1.29, 1.82) is 0 Å². The van der Waals surface area contributed by atoms with Crippen LogP contribution in [0.15, 0.2) is 53.7 Å². The summed E-state index contributed by atoms with van der Waals surface area (Å²) in [5.74, 6) is 1.37. The summed E-state index contributed by atoms with van der Waals surface area (Å²) in [5.41, 5.74) is 2.08. The molecule has 3 rings (SSSR count). The molecule has 1 heterocycles. The molecule has 0 amide bonds. The van der Waals surface area contributed by atoms with Crippen molar-refractivity contribution in [3.63, 3.8) is 0 Å². The van der Waals surface area contributed by atoms with Crippen LogP contribution in [0.25, 0.3) is 0 Å². The monoisotopic (exact) mass is 361 g/mol. The smallest absolute Gasteiger partial charge is 0.191 e. The van der Waals surface area contributed by atoms with Crippen LogP contribution in [0, 0.1) is 5.82 Å². The molecule has 0 radical (unpaired) electrons. The van der Waals surface area contributed by atoms with Gasteiger partial charge in [0.2, 0.25) is 0 Å². The molecule has 0 saturated carbocycles. The Labute approximate surface area is 149 Å². The van der Waals surface area contributed by atoms with Crippen LogP contribution in [0.2, 0.25) is 5.02 Å². The van der Waals surface area contributed by atoms with E-state index >= 15 is 0 Å². The van der Waals surface area contributed by atoms with Gasteiger partial charge in [-0.3, -0.25) is 0 Å². The number of hydrogen-bond acceptors (Lipinski definition) is 3. The molecule has 0 aliphatic carbocycles. The van der Waals surface area contributed by atoms with Gasteiger partial charge < -0.3 is 4.57 Å². The quantitative estimate of drug-likeness (QED) is 0.580.